The third-order valence-corrected chi connectivity index (χ3v) is 11.4. The largest absolute Gasteiger partial charge is 0.347 e. The molecule has 1 saturated carbocycles. The van der Waals surface area contributed by atoms with Crippen molar-refractivity contribution in [1.82, 2.24) is 24.7 Å². The molecule has 9 rings (SSSR count). The highest BCUT2D eigenvalue weighted by Crippen LogP contribution is 2.64. The lowest BCUT2D eigenvalue weighted by Gasteiger charge is -2.40. The van der Waals surface area contributed by atoms with Crippen molar-refractivity contribution in [1.29, 1.82) is 0 Å². The zero-order valence-corrected chi connectivity index (χ0v) is 26.8. The van der Waals surface area contributed by atoms with Gasteiger partial charge in [0.15, 0.2) is 0 Å². The fourth-order valence-corrected chi connectivity index (χ4v) is 9.15. The van der Waals surface area contributed by atoms with Gasteiger partial charge in [0.25, 0.3) is 5.91 Å². The Morgan fingerprint density at radius 2 is 1.91 bits per heavy atom. The number of carbonyl (C=O) groups is 2. The van der Waals surface area contributed by atoms with E-state index < -0.39 is 17.3 Å². The zero-order chi connectivity index (χ0) is 31.5. The van der Waals surface area contributed by atoms with E-state index in [1.807, 2.05) is 37.4 Å². The molecule has 1 spiro atoms. The molecule has 3 fully saturated rings. The Morgan fingerprint density at radius 3 is 2.68 bits per heavy atom. The summed E-state index contributed by atoms with van der Waals surface area (Å²) in [5.41, 5.74) is 2.90. The summed E-state index contributed by atoms with van der Waals surface area (Å²) in [6.45, 7) is 3.10. The van der Waals surface area contributed by atoms with Gasteiger partial charge >= 0.3 is 0 Å². The molecule has 8 nitrogen and oxygen atoms in total. The molecule has 4 aliphatic heterocycles. The quantitative estimate of drug-likeness (QED) is 0.257. The molecule has 0 unspecified atom stereocenters. The highest BCUT2D eigenvalue weighted by atomic mass is 35.5. The van der Waals surface area contributed by atoms with E-state index in [0.717, 1.165) is 61.3 Å². The minimum atomic E-state index is -1.18. The lowest BCUT2D eigenvalue weighted by molar-refractivity contribution is -0.128. The minimum Gasteiger partial charge on any atom is -0.347 e. The third-order valence-electron chi connectivity index (χ3n) is 10.9. The van der Waals surface area contributed by atoms with Gasteiger partial charge in [-0.25, -0.2) is 9.37 Å². The Kier molecular flexibility index (Phi) is 7.22. The Balaban J connectivity index is 0.00000324. The molecule has 1 aromatic heterocycles. The van der Waals surface area contributed by atoms with Crippen molar-refractivity contribution in [2.24, 2.45) is 5.92 Å². The van der Waals surface area contributed by atoms with Crippen LogP contribution in [0.25, 0.3) is 11.0 Å². The maximum absolute atomic E-state index is 16.3. The molecule has 4 aromatic rings. The molecule has 5 aliphatic rings. The van der Waals surface area contributed by atoms with E-state index in [1.54, 1.807) is 24.3 Å². The number of rotatable bonds is 5. The van der Waals surface area contributed by atoms with Gasteiger partial charge in [0, 0.05) is 65.9 Å². The molecule has 0 bridgehead atoms. The molecule has 5 heterocycles. The predicted octanol–water partition coefficient (Wildman–Crippen LogP) is 6.38. The lowest BCUT2D eigenvalue weighted by atomic mass is 9.70. The number of hydrogen-bond donors (Lipinski definition) is 2. The van der Waals surface area contributed by atoms with E-state index in [0.29, 0.717) is 34.3 Å². The summed E-state index contributed by atoms with van der Waals surface area (Å²) in [5.74, 6) is -0.452. The number of halogens is 3. The van der Waals surface area contributed by atoms with Gasteiger partial charge in [0.05, 0.1) is 22.1 Å². The van der Waals surface area contributed by atoms with Crippen molar-refractivity contribution in [2.45, 2.75) is 62.7 Å². The van der Waals surface area contributed by atoms with Crippen LogP contribution in [0.2, 0.25) is 10.0 Å². The number of nitrogens with one attached hydrogen (secondary N) is 2. The Hall–Kier alpha value is -3.50. The van der Waals surface area contributed by atoms with Crippen molar-refractivity contribution in [3.8, 4) is 0 Å². The van der Waals surface area contributed by atoms with E-state index in [2.05, 4.69) is 25.0 Å². The summed E-state index contributed by atoms with van der Waals surface area (Å²) in [4.78, 5) is 37.5. The standard InChI is InChI=1S/C35H33Cl2FN6O2.CH4/c1-42-16-21(17-42)39-33(45)19-7-10-27-26(13-19)40-32-29-28(11-12-43(27)32)44(15-18-5-6-18)35(30(29)22-3-2-4-24(37)31(22)38)23-9-8-20(36)14-25(23)41-34(35)46;/h2-4,7-10,13-14,18,21,28-30H,5-6,11-12,15-17H2,1H3,(H,39,45)(H,41,46);1H4/t28-,29+,30-,35+;/m0./s1. The number of imidazole rings is 1. The van der Waals surface area contributed by atoms with Crippen LogP contribution in [0.3, 0.4) is 0 Å². The van der Waals surface area contributed by atoms with Gasteiger partial charge in [0.2, 0.25) is 5.91 Å². The van der Waals surface area contributed by atoms with Crippen molar-refractivity contribution in [3.05, 3.63) is 93.0 Å². The van der Waals surface area contributed by atoms with E-state index in [9.17, 15) is 9.59 Å². The number of aryl methyl sites for hydroxylation is 1. The van der Waals surface area contributed by atoms with Gasteiger partial charge in [-0.2, -0.15) is 0 Å². The van der Waals surface area contributed by atoms with Crippen molar-refractivity contribution >= 4 is 51.7 Å². The molecule has 1 aliphatic carbocycles. The van der Waals surface area contributed by atoms with Crippen LogP contribution in [0.15, 0.2) is 54.6 Å². The maximum Gasteiger partial charge on any atom is 0.251 e. The molecule has 3 aromatic carbocycles. The van der Waals surface area contributed by atoms with Crippen LogP contribution in [-0.4, -0.2) is 69.9 Å². The summed E-state index contributed by atoms with van der Waals surface area (Å²) < 4.78 is 18.5. The molecule has 11 heteroatoms. The zero-order valence-electron chi connectivity index (χ0n) is 25.3. The van der Waals surface area contributed by atoms with E-state index >= 15 is 4.39 Å². The van der Waals surface area contributed by atoms with Crippen LogP contribution in [0.1, 0.15) is 65.8 Å². The van der Waals surface area contributed by atoms with E-state index in [1.165, 1.54) is 0 Å². The highest BCUT2D eigenvalue weighted by molar-refractivity contribution is 6.31. The number of hydrogen-bond acceptors (Lipinski definition) is 5. The van der Waals surface area contributed by atoms with Crippen molar-refractivity contribution in [2.75, 3.05) is 32.0 Å². The van der Waals surface area contributed by atoms with E-state index in [4.69, 9.17) is 28.2 Å². The minimum absolute atomic E-state index is 0. The van der Waals surface area contributed by atoms with Crippen LogP contribution in [0, 0.1) is 11.7 Å². The number of anilines is 1. The molecule has 4 atom stereocenters. The van der Waals surface area contributed by atoms with Crippen LogP contribution in [0.5, 0.6) is 0 Å². The number of likely N-dealkylation sites (tertiary alicyclic amines) is 2. The molecule has 2 amide bonds. The summed E-state index contributed by atoms with van der Waals surface area (Å²) in [6.07, 6.45) is 2.98. The lowest BCUT2D eigenvalue weighted by Crippen LogP contribution is -2.57. The normalized spacial score (nSPS) is 26.8. The maximum atomic E-state index is 16.3. The number of amides is 2. The Bertz CT molecular complexity index is 1960. The van der Waals surface area contributed by atoms with Crippen LogP contribution >= 0.6 is 23.2 Å². The van der Waals surface area contributed by atoms with E-state index in [-0.39, 0.29) is 42.3 Å². The molecule has 244 valence electrons. The fourth-order valence-electron chi connectivity index (χ4n) is 8.80. The average molecular weight is 676 g/mol. The second-order valence-electron chi connectivity index (χ2n) is 13.7. The third kappa shape index (κ3) is 4.50. The first-order valence-corrected chi connectivity index (χ1v) is 16.8. The first-order chi connectivity index (χ1) is 22.2. The molecule has 2 N–H and O–H groups in total. The highest BCUT2D eigenvalue weighted by Gasteiger charge is 2.69. The molecule has 47 heavy (non-hydrogen) atoms. The first kappa shape index (κ1) is 30.8. The monoisotopic (exact) mass is 674 g/mol. The number of nitrogens with zero attached hydrogens (tertiary/aromatic N) is 4. The number of aromatic nitrogens is 2. The SMILES string of the molecule is C.CN1CC(NC(=O)c2ccc3c(c2)nc2n3CC[C@H]3[C@@H]2[C@H](c2cccc(Cl)c2F)[C@]2(C(=O)Nc4cc(Cl)ccc42)N3CC2CC2)C1. The summed E-state index contributed by atoms with van der Waals surface area (Å²) in [5, 5.41) is 6.81. The molecule has 2 saturated heterocycles. The van der Waals surface area contributed by atoms with Gasteiger partial charge in [-0.05, 0) is 74.2 Å². The summed E-state index contributed by atoms with van der Waals surface area (Å²) in [7, 11) is 2.03. The summed E-state index contributed by atoms with van der Waals surface area (Å²) in [6, 6.07) is 16.4. The van der Waals surface area contributed by atoms with Gasteiger partial charge in [-0.3, -0.25) is 14.5 Å². The second-order valence-corrected chi connectivity index (χ2v) is 14.6. The molecular weight excluding hydrogens is 638 g/mol. The second kappa shape index (κ2) is 11.0. The number of fused-ring (bicyclic) bond motifs is 7. The van der Waals surface area contributed by atoms with Crippen LogP contribution < -0.4 is 10.6 Å². The Morgan fingerprint density at radius 1 is 1.11 bits per heavy atom. The number of likely N-dealkylation sites (N-methyl/N-ethyl adjacent to an activating group) is 1. The van der Waals surface area contributed by atoms with Gasteiger partial charge < -0.3 is 20.1 Å². The smallest absolute Gasteiger partial charge is 0.251 e. The van der Waals surface area contributed by atoms with Gasteiger partial charge in [-0.1, -0.05) is 48.8 Å². The number of benzene rings is 3. The van der Waals surface area contributed by atoms with Crippen LogP contribution in [-0.2, 0) is 16.9 Å². The fraction of sp³-hybridized carbons (Fsp3) is 0.417. The predicted molar refractivity (Wildman–Crippen MR) is 182 cm³/mol. The van der Waals surface area contributed by atoms with Gasteiger partial charge in [-0.15, -0.1) is 0 Å². The average Bonchev–Trinajstić information content (AvgIpc) is 3.61. The topological polar surface area (TPSA) is 82.5 Å². The van der Waals surface area contributed by atoms with Crippen molar-refractivity contribution in [3.63, 3.8) is 0 Å². The van der Waals surface area contributed by atoms with Crippen molar-refractivity contribution < 1.29 is 14.0 Å². The number of carbonyl (C=O) groups excluding carboxylic acids is 2. The molecule has 0 radical (unpaired) electrons. The summed E-state index contributed by atoms with van der Waals surface area (Å²) >= 11 is 12.9. The Labute approximate surface area is 283 Å². The van der Waals surface area contributed by atoms with Crippen LogP contribution in [0.4, 0.5) is 10.1 Å². The first-order valence-electron chi connectivity index (χ1n) is 16.1. The van der Waals surface area contributed by atoms with Gasteiger partial charge in [0.1, 0.15) is 17.2 Å². The molecular formula is C36H37Cl2FN6O2.